The van der Waals surface area contributed by atoms with Crippen molar-refractivity contribution in [1.29, 1.82) is 5.26 Å². The summed E-state index contributed by atoms with van der Waals surface area (Å²) in [4.78, 5) is 0. The summed E-state index contributed by atoms with van der Waals surface area (Å²) in [7, 11) is 0. The van der Waals surface area contributed by atoms with Crippen molar-refractivity contribution in [2.24, 2.45) is 0 Å². The van der Waals surface area contributed by atoms with Crippen molar-refractivity contribution in [1.82, 2.24) is 0 Å². The Morgan fingerprint density at radius 3 is 2.06 bits per heavy atom. The molecule has 0 fully saturated rings. The zero-order valence-electron chi connectivity index (χ0n) is 10.2. The molecule has 0 bridgehead atoms. The highest BCUT2D eigenvalue weighted by Crippen LogP contribution is 2.37. The van der Waals surface area contributed by atoms with E-state index in [1.165, 1.54) is 19.9 Å². The summed E-state index contributed by atoms with van der Waals surface area (Å²) in [6, 6.07) is 2.85. The Balaban J connectivity index is 0.00000121. The summed E-state index contributed by atoms with van der Waals surface area (Å²) in [5, 5.41) is 8.68. The van der Waals surface area contributed by atoms with Crippen LogP contribution in [0.4, 0.5) is 18.9 Å². The van der Waals surface area contributed by atoms with Gasteiger partial charge in [0.15, 0.2) is 0 Å². The monoisotopic (exact) mass is 244 g/mol. The third kappa shape index (κ3) is 3.13. The zero-order chi connectivity index (χ0) is 13.8. The molecular weight excluding hydrogens is 229 g/mol. The fourth-order valence-electron chi connectivity index (χ4n) is 1.60. The number of aryl methyl sites for hydroxylation is 1. The maximum absolute atomic E-state index is 12.6. The number of hydrogen-bond donors (Lipinski definition) is 1. The second kappa shape index (κ2) is 5.58. The molecular formula is C12H15F3N2. The summed E-state index contributed by atoms with van der Waals surface area (Å²) in [5.74, 6) is 0. The minimum absolute atomic E-state index is 0.0384. The van der Waals surface area contributed by atoms with Crippen LogP contribution in [0.15, 0.2) is 6.07 Å². The molecule has 94 valence electrons. The van der Waals surface area contributed by atoms with Crippen LogP contribution in [-0.2, 0) is 6.18 Å². The Morgan fingerprint density at radius 1 is 1.24 bits per heavy atom. The van der Waals surface area contributed by atoms with E-state index in [-0.39, 0.29) is 22.4 Å². The van der Waals surface area contributed by atoms with Crippen molar-refractivity contribution < 1.29 is 13.2 Å². The van der Waals surface area contributed by atoms with Crippen molar-refractivity contribution in [3.05, 3.63) is 28.3 Å². The van der Waals surface area contributed by atoms with Gasteiger partial charge >= 0.3 is 6.18 Å². The van der Waals surface area contributed by atoms with E-state index < -0.39 is 11.7 Å². The van der Waals surface area contributed by atoms with Crippen molar-refractivity contribution in [2.75, 3.05) is 5.73 Å². The Kier molecular flexibility index (Phi) is 5.02. The number of nitriles is 1. The van der Waals surface area contributed by atoms with Gasteiger partial charge in [0.25, 0.3) is 0 Å². The van der Waals surface area contributed by atoms with Gasteiger partial charge < -0.3 is 5.73 Å². The summed E-state index contributed by atoms with van der Waals surface area (Å²) in [6.45, 7) is 6.58. The second-order valence-electron chi connectivity index (χ2n) is 3.27. The van der Waals surface area contributed by atoms with Crippen LogP contribution in [0.5, 0.6) is 0 Å². The first-order chi connectivity index (χ1) is 7.79. The molecule has 0 aliphatic carbocycles. The topological polar surface area (TPSA) is 49.8 Å². The van der Waals surface area contributed by atoms with Gasteiger partial charge in [-0.25, -0.2) is 0 Å². The van der Waals surface area contributed by atoms with Gasteiger partial charge in [-0.3, -0.25) is 0 Å². The molecule has 0 aliphatic rings. The highest BCUT2D eigenvalue weighted by atomic mass is 19.4. The molecule has 0 unspecified atom stereocenters. The van der Waals surface area contributed by atoms with Crippen LogP contribution in [0.2, 0.25) is 0 Å². The number of hydrogen-bond acceptors (Lipinski definition) is 2. The van der Waals surface area contributed by atoms with Crippen LogP contribution >= 0.6 is 0 Å². The third-order valence-corrected chi connectivity index (χ3v) is 2.20. The minimum atomic E-state index is -4.45. The molecule has 0 aliphatic heterocycles. The normalized spacial score (nSPS) is 10.2. The molecule has 0 atom stereocenters. The molecule has 1 rings (SSSR count). The number of halogens is 3. The van der Waals surface area contributed by atoms with Crippen molar-refractivity contribution in [2.45, 2.75) is 33.9 Å². The van der Waals surface area contributed by atoms with Gasteiger partial charge in [-0.1, -0.05) is 13.8 Å². The molecule has 0 heterocycles. The van der Waals surface area contributed by atoms with E-state index in [4.69, 9.17) is 11.0 Å². The molecule has 5 heteroatoms. The number of anilines is 1. The second-order valence-corrected chi connectivity index (χ2v) is 3.27. The van der Waals surface area contributed by atoms with E-state index in [1.54, 1.807) is 6.07 Å². The number of nitrogens with two attached hydrogens (primary N) is 1. The highest BCUT2D eigenvalue weighted by molar-refractivity contribution is 5.62. The maximum Gasteiger partial charge on any atom is 0.416 e. The van der Waals surface area contributed by atoms with Gasteiger partial charge in [-0.15, -0.1) is 0 Å². The zero-order valence-corrected chi connectivity index (χ0v) is 10.2. The van der Waals surface area contributed by atoms with E-state index >= 15 is 0 Å². The molecule has 0 aromatic heterocycles. The number of rotatable bonds is 0. The highest BCUT2D eigenvalue weighted by Gasteiger charge is 2.35. The average molecular weight is 244 g/mol. The van der Waals surface area contributed by atoms with Gasteiger partial charge in [0.1, 0.15) is 6.07 Å². The first-order valence-electron chi connectivity index (χ1n) is 5.16. The van der Waals surface area contributed by atoms with Crippen molar-refractivity contribution in [3.63, 3.8) is 0 Å². The minimum Gasteiger partial charge on any atom is -0.398 e. The number of nitrogen functional groups attached to an aromatic ring is 1. The van der Waals surface area contributed by atoms with E-state index in [2.05, 4.69) is 0 Å². The Labute approximate surface area is 98.9 Å². The number of nitrogens with zero attached hydrogens (tertiary/aromatic N) is 1. The van der Waals surface area contributed by atoms with Crippen LogP contribution in [0.1, 0.15) is 36.1 Å². The summed E-state index contributed by atoms with van der Waals surface area (Å²) >= 11 is 0. The van der Waals surface area contributed by atoms with E-state index in [0.29, 0.717) is 0 Å². The first kappa shape index (κ1) is 15.3. The SMILES string of the molecule is CC.Cc1cc(N)c(C#N)c(C)c1C(F)(F)F. The van der Waals surface area contributed by atoms with Crippen LogP contribution in [0.25, 0.3) is 0 Å². The molecule has 2 nitrogen and oxygen atoms in total. The molecule has 2 N–H and O–H groups in total. The number of benzene rings is 1. The van der Waals surface area contributed by atoms with Crippen LogP contribution < -0.4 is 5.73 Å². The molecule has 0 saturated heterocycles. The quantitative estimate of drug-likeness (QED) is 0.705. The van der Waals surface area contributed by atoms with E-state index in [0.717, 1.165) is 0 Å². The van der Waals surface area contributed by atoms with Gasteiger partial charge in [0.2, 0.25) is 0 Å². The van der Waals surface area contributed by atoms with Crippen LogP contribution in [0.3, 0.4) is 0 Å². The fourth-order valence-corrected chi connectivity index (χ4v) is 1.60. The molecule has 17 heavy (non-hydrogen) atoms. The predicted molar refractivity (Wildman–Crippen MR) is 61.4 cm³/mol. The lowest BCUT2D eigenvalue weighted by Gasteiger charge is -2.15. The standard InChI is InChI=1S/C10H9F3N2.C2H6/c1-5-3-8(15)7(4-14)6(2)9(5)10(11,12)13;1-2/h3H,15H2,1-2H3;1-2H3. The third-order valence-electron chi connectivity index (χ3n) is 2.20. The predicted octanol–water partition coefficient (Wildman–Crippen LogP) is 3.80. The largest absolute Gasteiger partial charge is 0.416 e. The fraction of sp³-hybridized carbons (Fsp3) is 0.417. The Bertz CT molecular complexity index is 443. The first-order valence-corrected chi connectivity index (χ1v) is 5.16. The maximum atomic E-state index is 12.6. The van der Waals surface area contributed by atoms with Crippen LogP contribution in [-0.4, -0.2) is 0 Å². The molecule has 1 aromatic rings. The lowest BCUT2D eigenvalue weighted by atomic mass is 9.96. The van der Waals surface area contributed by atoms with Crippen molar-refractivity contribution in [3.8, 4) is 6.07 Å². The lowest BCUT2D eigenvalue weighted by molar-refractivity contribution is -0.138. The average Bonchev–Trinajstić information content (AvgIpc) is 2.18. The van der Waals surface area contributed by atoms with Gasteiger partial charge in [-0.2, -0.15) is 18.4 Å². The lowest BCUT2D eigenvalue weighted by Crippen LogP contribution is -2.12. The van der Waals surface area contributed by atoms with Crippen LogP contribution in [0, 0.1) is 25.2 Å². The summed E-state index contributed by atoms with van der Waals surface area (Å²) < 4.78 is 37.8. The van der Waals surface area contributed by atoms with Gasteiger partial charge in [-0.05, 0) is 31.0 Å². The smallest absolute Gasteiger partial charge is 0.398 e. The van der Waals surface area contributed by atoms with Gasteiger partial charge in [0.05, 0.1) is 11.1 Å². The number of alkyl halides is 3. The molecule has 0 saturated carbocycles. The molecule has 1 aromatic carbocycles. The van der Waals surface area contributed by atoms with Gasteiger partial charge in [0, 0.05) is 5.69 Å². The summed E-state index contributed by atoms with van der Waals surface area (Å²) in [5.41, 5.74) is 4.59. The van der Waals surface area contributed by atoms with E-state index in [1.807, 2.05) is 13.8 Å². The Morgan fingerprint density at radius 2 is 1.71 bits per heavy atom. The molecule has 0 radical (unpaired) electrons. The summed E-state index contributed by atoms with van der Waals surface area (Å²) in [6.07, 6.45) is -4.45. The molecule has 0 amide bonds. The Hall–Kier alpha value is -1.70. The van der Waals surface area contributed by atoms with E-state index in [9.17, 15) is 13.2 Å². The molecule has 0 spiro atoms. The van der Waals surface area contributed by atoms with Crippen molar-refractivity contribution >= 4 is 5.69 Å².